The Morgan fingerprint density at radius 3 is 1.26 bits per heavy atom. The molecule has 0 saturated heterocycles. The molecular weight excluding hydrogens is 598 g/mol. The number of aryl methyl sites for hydroxylation is 4. The molecule has 4 aromatic rings. The zero-order valence-electron chi connectivity index (χ0n) is 25.7. The second kappa shape index (κ2) is 16.5. The first-order valence-corrected chi connectivity index (χ1v) is 17.4. The Morgan fingerprint density at radius 2 is 0.860 bits per heavy atom. The molecule has 0 unspecified atom stereocenters. The van der Waals surface area contributed by atoms with Crippen LogP contribution in [0.2, 0.25) is 0 Å². The average molecular weight is 639 g/mol. The van der Waals surface area contributed by atoms with Crippen LogP contribution in [0.25, 0.3) is 0 Å². The molecule has 218 valence electrons. The van der Waals surface area contributed by atoms with Crippen molar-refractivity contribution in [2.45, 2.75) is 40.3 Å². The minimum atomic E-state index is -0.639. The third kappa shape index (κ3) is 8.92. The third-order valence-corrected chi connectivity index (χ3v) is 12.7. The minimum absolute atomic E-state index is 0. The molecule has 0 aliphatic heterocycles. The first-order valence-electron chi connectivity index (χ1n) is 14.7. The van der Waals surface area contributed by atoms with Crippen molar-refractivity contribution >= 4 is 37.1 Å². The van der Waals surface area contributed by atoms with Crippen LogP contribution >= 0.6 is 15.8 Å². The molecule has 0 nitrogen and oxygen atoms in total. The summed E-state index contributed by atoms with van der Waals surface area (Å²) >= 11 is 0. The van der Waals surface area contributed by atoms with Crippen LogP contribution in [0.4, 0.5) is 0 Å². The molecule has 2 saturated carbocycles. The van der Waals surface area contributed by atoms with E-state index in [4.69, 9.17) is 0 Å². The third-order valence-electron chi connectivity index (χ3n) is 7.46. The van der Waals surface area contributed by atoms with E-state index >= 15 is 0 Å². The number of hydrogen-bond acceptors (Lipinski definition) is 0. The molecule has 0 aromatic heterocycles. The molecule has 0 bridgehead atoms. The van der Waals surface area contributed by atoms with E-state index < -0.39 is 15.8 Å². The summed E-state index contributed by atoms with van der Waals surface area (Å²) in [5.74, 6) is 1.49. The van der Waals surface area contributed by atoms with Gasteiger partial charge in [-0.25, -0.2) is 0 Å². The van der Waals surface area contributed by atoms with Crippen molar-refractivity contribution in [3.05, 3.63) is 182 Å². The average Bonchev–Trinajstić information content (AvgIpc) is 3.70. The van der Waals surface area contributed by atoms with E-state index in [1.807, 2.05) is 32.1 Å². The molecule has 10 radical (unpaired) electrons. The molecule has 0 amide bonds. The normalized spacial score (nSPS) is 16.2. The Balaban J connectivity index is 0.000000641. The predicted molar refractivity (Wildman–Crippen MR) is 187 cm³/mol. The van der Waals surface area contributed by atoms with Crippen molar-refractivity contribution in [2.24, 2.45) is 0 Å². The van der Waals surface area contributed by atoms with E-state index in [9.17, 15) is 0 Å². The van der Waals surface area contributed by atoms with Crippen LogP contribution in [0, 0.1) is 90.6 Å². The van der Waals surface area contributed by atoms with E-state index in [-0.39, 0.29) is 17.1 Å². The van der Waals surface area contributed by atoms with E-state index in [0.717, 1.165) is 0 Å². The van der Waals surface area contributed by atoms with Gasteiger partial charge in [-0.3, -0.25) is 0 Å². The number of rotatable bonds is 7. The molecule has 1 atom stereocenters. The van der Waals surface area contributed by atoms with Crippen LogP contribution in [0.3, 0.4) is 0 Å². The van der Waals surface area contributed by atoms with Crippen LogP contribution in [0.15, 0.2) is 97.1 Å². The van der Waals surface area contributed by atoms with Crippen LogP contribution < -0.4 is 21.2 Å². The Bertz CT molecular complexity index is 1270. The molecule has 2 aliphatic rings. The van der Waals surface area contributed by atoms with Crippen LogP contribution in [-0.4, -0.2) is 5.66 Å². The molecule has 2 aliphatic carbocycles. The van der Waals surface area contributed by atoms with Gasteiger partial charge in [-0.05, 0) is 128 Å². The molecule has 0 spiro atoms. The first kappa shape index (κ1) is 34.1. The summed E-state index contributed by atoms with van der Waals surface area (Å²) in [6, 6.07) is 36.4. The molecule has 43 heavy (non-hydrogen) atoms. The van der Waals surface area contributed by atoms with Gasteiger partial charge in [-0.1, -0.05) is 126 Å². The topological polar surface area (TPSA) is 0 Å². The molecule has 6 rings (SSSR count). The van der Waals surface area contributed by atoms with Gasteiger partial charge in [-0.15, -0.1) is 0 Å². The predicted octanol–water partition coefficient (Wildman–Crippen LogP) is 8.63. The summed E-state index contributed by atoms with van der Waals surface area (Å²) in [6.45, 7) is 11.4. The number of benzene rings is 4. The maximum absolute atomic E-state index is 2.46. The Hall–Kier alpha value is -1.74. The fourth-order valence-corrected chi connectivity index (χ4v) is 11.5. The summed E-state index contributed by atoms with van der Waals surface area (Å²) in [7, 11) is -1.24. The summed E-state index contributed by atoms with van der Waals surface area (Å²) in [5, 5.41) is 5.76. The fraction of sp³-hybridized carbons (Fsp3) is 0.150. The monoisotopic (exact) mass is 638 g/mol. The Labute approximate surface area is 275 Å². The second-order valence-electron chi connectivity index (χ2n) is 11.1. The molecule has 2 fully saturated rings. The van der Waals surface area contributed by atoms with E-state index in [0.29, 0.717) is 5.66 Å². The van der Waals surface area contributed by atoms with E-state index in [2.05, 4.69) is 151 Å². The first-order chi connectivity index (χ1) is 20.4. The van der Waals surface area contributed by atoms with E-state index in [1.165, 1.54) is 55.0 Å². The van der Waals surface area contributed by atoms with Gasteiger partial charge in [-0.2, -0.15) is 0 Å². The van der Waals surface area contributed by atoms with E-state index in [1.54, 1.807) is 0 Å². The van der Waals surface area contributed by atoms with Crippen molar-refractivity contribution < 1.29 is 17.1 Å². The number of hydrogen-bond donors (Lipinski definition) is 0. The molecule has 3 heteroatoms. The quantitative estimate of drug-likeness (QED) is 0.141. The van der Waals surface area contributed by atoms with Gasteiger partial charge in [0.05, 0.1) is 0 Å². The largest absolute Gasteiger partial charge is 0.0622 e. The van der Waals surface area contributed by atoms with Crippen molar-refractivity contribution in [1.29, 1.82) is 0 Å². The maximum Gasteiger partial charge on any atom is 0.0201 e. The smallest absolute Gasteiger partial charge is 0.0201 e. The fourth-order valence-electron chi connectivity index (χ4n) is 5.80. The Morgan fingerprint density at radius 1 is 0.465 bits per heavy atom. The Kier molecular flexibility index (Phi) is 13.1. The summed E-state index contributed by atoms with van der Waals surface area (Å²) in [6.07, 6.45) is 17.1. The molecule has 4 aromatic carbocycles. The standard InChI is InChI=1S/C35H35P2.C5H5.Fe/c1-25-19-26(2)22-32(21-25)36(33-23-27(3)20-28(4)24-33)29(5)34-17-12-18-35(34)37(30-13-8-6-9-14-30)31-15-10-7-11-16-31;1-2-4-5-3-1;/h6-24,29H,1-5H3;1-5H;/t29-;;/m1../s1. The van der Waals surface area contributed by atoms with Crippen molar-refractivity contribution in [3.63, 3.8) is 0 Å². The summed E-state index contributed by atoms with van der Waals surface area (Å²) in [4.78, 5) is 0. The maximum atomic E-state index is 2.46. The van der Waals surface area contributed by atoms with Crippen LogP contribution in [0.1, 0.15) is 29.2 Å². The molecule has 0 heterocycles. The van der Waals surface area contributed by atoms with Gasteiger partial charge in [0.25, 0.3) is 0 Å². The molecule has 0 N–H and O–H groups in total. The van der Waals surface area contributed by atoms with Gasteiger partial charge in [0, 0.05) is 22.7 Å². The van der Waals surface area contributed by atoms with Gasteiger partial charge < -0.3 is 0 Å². The van der Waals surface area contributed by atoms with Crippen molar-refractivity contribution in [2.75, 3.05) is 0 Å². The molecular formula is C40H40FeP2. The SMILES string of the molecule is Cc1cc(C)cc(P(c2cc(C)cc(C)c2)[C@H](C)[C]2[CH][CH][CH][C]2P(c2ccccc2)c2ccccc2)c1.[CH]1[CH][CH][CH][CH]1.[Fe]. The van der Waals surface area contributed by atoms with Crippen molar-refractivity contribution in [1.82, 2.24) is 0 Å². The van der Waals surface area contributed by atoms with Crippen molar-refractivity contribution in [3.8, 4) is 0 Å². The van der Waals surface area contributed by atoms with Gasteiger partial charge in [0.2, 0.25) is 0 Å². The zero-order valence-corrected chi connectivity index (χ0v) is 28.6. The minimum Gasteiger partial charge on any atom is -0.0622 e. The van der Waals surface area contributed by atoms with Gasteiger partial charge >= 0.3 is 0 Å². The van der Waals surface area contributed by atoms with Crippen LogP contribution in [-0.2, 0) is 17.1 Å². The summed E-state index contributed by atoms with van der Waals surface area (Å²) in [5.41, 5.74) is 7.26. The summed E-state index contributed by atoms with van der Waals surface area (Å²) < 4.78 is 0. The zero-order chi connectivity index (χ0) is 29.5. The van der Waals surface area contributed by atoms with Gasteiger partial charge in [0.15, 0.2) is 0 Å². The second-order valence-corrected chi connectivity index (χ2v) is 15.8. The van der Waals surface area contributed by atoms with Crippen LogP contribution in [0.5, 0.6) is 0 Å². The van der Waals surface area contributed by atoms with Gasteiger partial charge in [0.1, 0.15) is 0 Å².